The van der Waals surface area contributed by atoms with Gasteiger partial charge in [-0.2, -0.15) is 0 Å². The van der Waals surface area contributed by atoms with Crippen LogP contribution in [0.25, 0.3) is 0 Å². The van der Waals surface area contributed by atoms with Crippen molar-refractivity contribution in [2.75, 3.05) is 30.9 Å². The van der Waals surface area contributed by atoms with Crippen molar-refractivity contribution >= 4 is 23.4 Å². The van der Waals surface area contributed by atoms with Crippen molar-refractivity contribution in [3.63, 3.8) is 0 Å². The van der Waals surface area contributed by atoms with E-state index in [1.165, 1.54) is 11.7 Å². The Balaban J connectivity index is 1.78. The molecule has 0 aliphatic heterocycles. The Morgan fingerprint density at radius 1 is 1.06 bits per heavy atom. The summed E-state index contributed by atoms with van der Waals surface area (Å²) in [4.78, 5) is 53.4. The number of amides is 1. The van der Waals surface area contributed by atoms with Crippen LogP contribution in [0.5, 0.6) is 5.75 Å². The van der Waals surface area contributed by atoms with Gasteiger partial charge in [0.15, 0.2) is 12.3 Å². The van der Waals surface area contributed by atoms with Crippen LogP contribution >= 0.6 is 0 Å². The summed E-state index contributed by atoms with van der Waals surface area (Å²) in [6.45, 7) is 1.22. The molecule has 1 heterocycles. The molecule has 1 aromatic heterocycles. The van der Waals surface area contributed by atoms with Gasteiger partial charge in [-0.05, 0) is 18.6 Å². The molecule has 0 saturated heterocycles. The van der Waals surface area contributed by atoms with Crippen LogP contribution in [-0.2, 0) is 27.3 Å². The number of aromatic amines is 1. The number of hydrogen-bond donors (Lipinski definition) is 2. The molecule has 0 aliphatic carbocycles. The summed E-state index contributed by atoms with van der Waals surface area (Å²) in [6.07, 6.45) is -0.0892. The minimum absolute atomic E-state index is 0.0692. The molecule has 0 fully saturated rings. The van der Waals surface area contributed by atoms with E-state index in [9.17, 15) is 19.2 Å². The van der Waals surface area contributed by atoms with Gasteiger partial charge in [-0.15, -0.1) is 0 Å². The molecule has 0 unspecified atom stereocenters. The molecule has 1 amide bonds. The van der Waals surface area contributed by atoms with Gasteiger partial charge in [0.1, 0.15) is 11.6 Å². The molecule has 34 heavy (non-hydrogen) atoms. The fourth-order valence-electron chi connectivity index (χ4n) is 3.50. The highest BCUT2D eigenvalue weighted by molar-refractivity contribution is 5.97. The largest absolute Gasteiger partial charge is 0.496 e. The first kappa shape index (κ1) is 24.3. The van der Waals surface area contributed by atoms with Crippen LogP contribution < -0.4 is 26.6 Å². The molecular weight excluding hydrogens is 440 g/mol. The van der Waals surface area contributed by atoms with Gasteiger partial charge in [-0.1, -0.05) is 48.5 Å². The maximum Gasteiger partial charge on any atom is 0.330 e. The predicted molar refractivity (Wildman–Crippen MR) is 127 cm³/mol. The molecule has 0 radical (unpaired) electrons. The average molecular weight is 466 g/mol. The van der Waals surface area contributed by atoms with Gasteiger partial charge < -0.3 is 20.1 Å². The predicted octanol–water partition coefficient (Wildman–Crippen LogP) is 1.31. The summed E-state index contributed by atoms with van der Waals surface area (Å²) in [6, 6.07) is 16.0. The van der Waals surface area contributed by atoms with E-state index >= 15 is 0 Å². The Morgan fingerprint density at radius 3 is 2.41 bits per heavy atom. The summed E-state index contributed by atoms with van der Waals surface area (Å²) < 4.78 is 11.5. The second kappa shape index (κ2) is 11.0. The quantitative estimate of drug-likeness (QED) is 0.454. The Labute approximate surface area is 195 Å². The Hall–Kier alpha value is -4.34. The van der Waals surface area contributed by atoms with Crippen molar-refractivity contribution < 1.29 is 19.1 Å². The van der Waals surface area contributed by atoms with E-state index in [-0.39, 0.29) is 31.0 Å². The first-order valence-electron chi connectivity index (χ1n) is 10.6. The van der Waals surface area contributed by atoms with Gasteiger partial charge in [0.2, 0.25) is 0 Å². The average Bonchev–Trinajstić information content (AvgIpc) is 2.83. The third kappa shape index (κ3) is 5.52. The number of nitrogen functional groups attached to an aromatic ring is 1. The molecule has 0 saturated carbocycles. The minimum atomic E-state index is -0.803. The smallest absolute Gasteiger partial charge is 0.330 e. The lowest BCUT2D eigenvalue weighted by atomic mass is 10.1. The lowest BCUT2D eigenvalue weighted by molar-refractivity contribution is -0.147. The number of hydrogen-bond acceptors (Lipinski definition) is 7. The lowest BCUT2D eigenvalue weighted by Crippen LogP contribution is -2.42. The van der Waals surface area contributed by atoms with Gasteiger partial charge in [-0.25, -0.2) is 4.79 Å². The summed E-state index contributed by atoms with van der Waals surface area (Å²) in [5.74, 6) is -0.920. The third-order valence-corrected chi connectivity index (χ3v) is 5.17. The highest BCUT2D eigenvalue weighted by atomic mass is 16.5. The van der Waals surface area contributed by atoms with Crippen molar-refractivity contribution in [3.8, 4) is 5.75 Å². The van der Waals surface area contributed by atoms with Gasteiger partial charge in [0.05, 0.1) is 20.1 Å². The van der Waals surface area contributed by atoms with Gasteiger partial charge in [0, 0.05) is 12.1 Å². The van der Waals surface area contributed by atoms with Gasteiger partial charge in [0.25, 0.3) is 11.5 Å². The molecule has 10 nitrogen and oxygen atoms in total. The molecule has 0 spiro atoms. The number of benzene rings is 2. The normalized spacial score (nSPS) is 10.5. The second-order valence-corrected chi connectivity index (χ2v) is 7.35. The number of H-pyrrole nitrogens is 1. The van der Waals surface area contributed by atoms with Gasteiger partial charge in [-0.3, -0.25) is 23.9 Å². The summed E-state index contributed by atoms with van der Waals surface area (Å²) in [7, 11) is 1.49. The van der Waals surface area contributed by atoms with Crippen molar-refractivity contribution in [1.29, 1.82) is 0 Å². The number of anilines is 2. The SMILES string of the molecule is CCN(C(=O)COC(=O)Cc1ccccc1OC)c1c(N)n(Cc2ccccc2)c(=O)[nH]c1=O. The fraction of sp³-hybridized carbons (Fsp3) is 0.250. The van der Waals surface area contributed by atoms with Crippen LogP contribution in [0.15, 0.2) is 64.2 Å². The van der Waals surface area contributed by atoms with Crippen molar-refractivity contribution in [2.45, 2.75) is 19.9 Å². The molecule has 10 heteroatoms. The molecule has 3 N–H and O–H groups in total. The number of nitrogens with zero attached hydrogens (tertiary/aromatic N) is 2. The van der Waals surface area contributed by atoms with E-state index in [2.05, 4.69) is 4.98 Å². The first-order valence-corrected chi connectivity index (χ1v) is 10.6. The van der Waals surface area contributed by atoms with E-state index in [4.69, 9.17) is 15.2 Å². The molecular formula is C24H26N4O6. The number of carbonyl (C=O) groups is 2. The summed E-state index contributed by atoms with van der Waals surface area (Å²) in [5, 5.41) is 0. The van der Waals surface area contributed by atoms with E-state index in [1.807, 2.05) is 18.2 Å². The van der Waals surface area contributed by atoms with E-state index in [0.29, 0.717) is 11.3 Å². The van der Waals surface area contributed by atoms with Crippen molar-refractivity contribution in [2.24, 2.45) is 0 Å². The Bertz CT molecular complexity index is 1280. The van der Waals surface area contributed by atoms with Crippen LogP contribution in [0.2, 0.25) is 0 Å². The number of nitrogens with one attached hydrogen (secondary N) is 1. The molecule has 2 aromatic carbocycles. The van der Waals surface area contributed by atoms with E-state index in [0.717, 1.165) is 10.5 Å². The van der Waals surface area contributed by atoms with Crippen molar-refractivity contribution in [1.82, 2.24) is 9.55 Å². The van der Waals surface area contributed by atoms with Gasteiger partial charge >= 0.3 is 11.7 Å². The number of para-hydroxylation sites is 1. The van der Waals surface area contributed by atoms with E-state index in [1.54, 1.807) is 43.3 Å². The summed E-state index contributed by atoms with van der Waals surface area (Å²) in [5.41, 5.74) is 5.89. The topological polar surface area (TPSA) is 137 Å². The lowest BCUT2D eigenvalue weighted by Gasteiger charge is -2.23. The third-order valence-electron chi connectivity index (χ3n) is 5.17. The molecule has 0 atom stereocenters. The number of methoxy groups -OCH3 is 1. The zero-order valence-corrected chi connectivity index (χ0v) is 18.9. The van der Waals surface area contributed by atoms with Crippen LogP contribution in [0.4, 0.5) is 11.5 Å². The zero-order chi connectivity index (χ0) is 24.7. The summed E-state index contributed by atoms with van der Waals surface area (Å²) >= 11 is 0. The second-order valence-electron chi connectivity index (χ2n) is 7.35. The van der Waals surface area contributed by atoms with Crippen LogP contribution in [0, 0.1) is 0 Å². The minimum Gasteiger partial charge on any atom is -0.496 e. The number of esters is 1. The molecule has 3 rings (SSSR count). The molecule has 0 bridgehead atoms. The van der Waals surface area contributed by atoms with Crippen molar-refractivity contribution in [3.05, 3.63) is 86.6 Å². The molecule has 3 aromatic rings. The number of ether oxygens (including phenoxy) is 2. The van der Waals surface area contributed by atoms with Crippen LogP contribution in [0.3, 0.4) is 0 Å². The number of carbonyl (C=O) groups excluding carboxylic acids is 2. The fourth-order valence-corrected chi connectivity index (χ4v) is 3.50. The molecule has 178 valence electrons. The highest BCUT2D eigenvalue weighted by Gasteiger charge is 2.24. The monoisotopic (exact) mass is 466 g/mol. The zero-order valence-electron chi connectivity index (χ0n) is 18.9. The number of likely N-dealkylation sites (N-methyl/N-ethyl adjacent to an activating group) is 1. The Kier molecular flexibility index (Phi) is 7.86. The van der Waals surface area contributed by atoms with Crippen LogP contribution in [0.1, 0.15) is 18.1 Å². The number of aromatic nitrogens is 2. The number of nitrogens with two attached hydrogens (primary N) is 1. The maximum absolute atomic E-state index is 12.8. The van der Waals surface area contributed by atoms with Crippen LogP contribution in [-0.4, -0.2) is 41.7 Å². The van der Waals surface area contributed by atoms with E-state index < -0.39 is 29.7 Å². The first-order chi connectivity index (χ1) is 16.3. The molecule has 0 aliphatic rings. The number of rotatable bonds is 9. The Morgan fingerprint density at radius 2 is 1.74 bits per heavy atom. The highest BCUT2D eigenvalue weighted by Crippen LogP contribution is 2.19. The maximum atomic E-state index is 12.8. The standard InChI is InChI=1S/C24H26N4O6/c1-3-27(19(29)15-34-20(30)13-17-11-7-8-12-18(17)33-2)21-22(25)28(24(32)26-23(21)31)14-16-9-5-4-6-10-16/h4-12H,3,13-15,25H2,1-2H3,(H,26,31,32).